The molecular weight excluding hydrogens is 315 g/mol. The maximum Gasteiger partial charge on any atom is 0.167 e. The Labute approximate surface area is 118 Å². The maximum absolute atomic E-state index is 13.7. The van der Waals surface area contributed by atoms with Crippen molar-refractivity contribution in [3.05, 3.63) is 53.8 Å². The zero-order valence-corrected chi connectivity index (χ0v) is 12.2. The van der Waals surface area contributed by atoms with Crippen LogP contribution < -0.4 is 4.74 Å². The number of ether oxygens (including phenoxy) is 1. The maximum atomic E-state index is 13.7. The van der Waals surface area contributed by atoms with Crippen LogP contribution in [-0.2, 0) is 5.33 Å². The molecule has 2 aromatic rings. The van der Waals surface area contributed by atoms with Crippen molar-refractivity contribution in [2.75, 3.05) is 6.26 Å². The lowest BCUT2D eigenvalue weighted by atomic mass is 10.2. The third kappa shape index (κ3) is 3.06. The molecular formula is C14H12BrFOS. The van der Waals surface area contributed by atoms with E-state index in [4.69, 9.17) is 4.74 Å². The van der Waals surface area contributed by atoms with Gasteiger partial charge in [-0.25, -0.2) is 4.39 Å². The second kappa shape index (κ2) is 6.25. The summed E-state index contributed by atoms with van der Waals surface area (Å²) in [5.41, 5.74) is 0.795. The van der Waals surface area contributed by atoms with Crippen LogP contribution in [0.2, 0.25) is 0 Å². The second-order valence-electron chi connectivity index (χ2n) is 3.64. The molecule has 4 heteroatoms. The monoisotopic (exact) mass is 326 g/mol. The molecule has 0 aliphatic rings. The minimum atomic E-state index is -0.346. The molecule has 94 valence electrons. The van der Waals surface area contributed by atoms with E-state index in [2.05, 4.69) is 15.9 Å². The number of benzene rings is 2. The molecule has 0 bridgehead atoms. The van der Waals surface area contributed by atoms with Crippen molar-refractivity contribution in [2.24, 2.45) is 0 Å². The van der Waals surface area contributed by atoms with Crippen LogP contribution in [0.15, 0.2) is 47.4 Å². The Kier molecular flexibility index (Phi) is 4.66. The van der Waals surface area contributed by atoms with Gasteiger partial charge in [0.15, 0.2) is 11.6 Å². The van der Waals surface area contributed by atoms with Crippen LogP contribution in [0.25, 0.3) is 0 Å². The van der Waals surface area contributed by atoms with Gasteiger partial charge in [0.25, 0.3) is 0 Å². The third-order valence-electron chi connectivity index (χ3n) is 2.47. The molecule has 0 aromatic heterocycles. The molecule has 0 heterocycles. The van der Waals surface area contributed by atoms with Crippen LogP contribution >= 0.6 is 27.7 Å². The van der Waals surface area contributed by atoms with Crippen molar-refractivity contribution in [3.63, 3.8) is 0 Å². The second-order valence-corrected chi connectivity index (χ2v) is 5.08. The van der Waals surface area contributed by atoms with E-state index in [0.717, 1.165) is 10.5 Å². The Hall–Kier alpha value is -1.000. The first-order valence-corrected chi connectivity index (χ1v) is 7.74. The highest BCUT2D eigenvalue weighted by atomic mass is 79.9. The largest absolute Gasteiger partial charge is 0.454 e. The van der Waals surface area contributed by atoms with E-state index in [1.165, 1.54) is 6.07 Å². The van der Waals surface area contributed by atoms with Gasteiger partial charge in [-0.05, 0) is 36.6 Å². The first kappa shape index (κ1) is 13.4. The Morgan fingerprint density at radius 1 is 1.17 bits per heavy atom. The highest BCUT2D eigenvalue weighted by molar-refractivity contribution is 9.08. The van der Waals surface area contributed by atoms with E-state index >= 15 is 0 Å². The Morgan fingerprint density at radius 3 is 2.50 bits per heavy atom. The first-order chi connectivity index (χ1) is 8.74. The summed E-state index contributed by atoms with van der Waals surface area (Å²) in [7, 11) is 0. The number of thioether (sulfide) groups is 1. The summed E-state index contributed by atoms with van der Waals surface area (Å²) in [6, 6.07) is 12.5. The van der Waals surface area contributed by atoms with Crippen molar-refractivity contribution >= 4 is 27.7 Å². The Bertz CT molecular complexity index is 528. The summed E-state index contributed by atoms with van der Waals surface area (Å²) in [6.07, 6.45) is 2.01. The van der Waals surface area contributed by atoms with Gasteiger partial charge in [0.1, 0.15) is 5.75 Å². The van der Waals surface area contributed by atoms with E-state index < -0.39 is 0 Å². The van der Waals surface area contributed by atoms with E-state index in [1.54, 1.807) is 17.8 Å². The van der Waals surface area contributed by atoms with Crippen LogP contribution in [0.4, 0.5) is 4.39 Å². The normalized spacial score (nSPS) is 10.4. The molecule has 0 spiro atoms. The molecule has 0 amide bonds. The minimum absolute atomic E-state index is 0.284. The predicted molar refractivity (Wildman–Crippen MR) is 77.3 cm³/mol. The molecule has 2 rings (SSSR count). The first-order valence-electron chi connectivity index (χ1n) is 5.40. The van der Waals surface area contributed by atoms with E-state index in [9.17, 15) is 4.39 Å². The van der Waals surface area contributed by atoms with Gasteiger partial charge in [-0.2, -0.15) is 0 Å². The summed E-state index contributed by atoms with van der Waals surface area (Å²) < 4.78 is 19.3. The van der Waals surface area contributed by atoms with Gasteiger partial charge in [-0.3, -0.25) is 0 Å². The third-order valence-corrected chi connectivity index (χ3v) is 3.82. The highest BCUT2D eigenvalue weighted by Crippen LogP contribution is 2.30. The predicted octanol–water partition coefficient (Wildman–Crippen LogP) is 5.23. The van der Waals surface area contributed by atoms with Gasteiger partial charge in [-0.15, -0.1) is 11.8 Å². The molecule has 0 unspecified atom stereocenters. The average molecular weight is 327 g/mol. The van der Waals surface area contributed by atoms with E-state index in [-0.39, 0.29) is 11.6 Å². The van der Waals surface area contributed by atoms with Gasteiger partial charge in [0.2, 0.25) is 0 Å². The molecule has 0 atom stereocenters. The van der Waals surface area contributed by atoms with Crippen molar-refractivity contribution in [3.8, 4) is 11.5 Å². The lowest BCUT2D eigenvalue weighted by Crippen LogP contribution is -1.93. The average Bonchev–Trinajstić information content (AvgIpc) is 2.42. The van der Waals surface area contributed by atoms with Crippen LogP contribution in [0.1, 0.15) is 5.56 Å². The standard InChI is InChI=1S/C14H12BrFOS/c1-18-12-7-5-11(6-8-12)17-14-10(9-15)3-2-4-13(14)16/h2-8H,9H2,1H3. The Morgan fingerprint density at radius 2 is 1.89 bits per heavy atom. The molecule has 0 N–H and O–H groups in total. The zero-order valence-electron chi connectivity index (χ0n) is 9.82. The van der Waals surface area contributed by atoms with Crippen LogP contribution in [0, 0.1) is 5.82 Å². The van der Waals surface area contributed by atoms with Gasteiger partial charge >= 0.3 is 0 Å². The van der Waals surface area contributed by atoms with E-state index in [1.807, 2.05) is 36.6 Å². The molecule has 0 aliphatic heterocycles. The molecule has 0 aliphatic carbocycles. The lowest BCUT2D eigenvalue weighted by molar-refractivity contribution is 0.438. The zero-order chi connectivity index (χ0) is 13.0. The summed E-state index contributed by atoms with van der Waals surface area (Å²) >= 11 is 4.99. The summed E-state index contributed by atoms with van der Waals surface area (Å²) in [4.78, 5) is 1.15. The molecule has 0 saturated carbocycles. The van der Waals surface area contributed by atoms with Crippen LogP contribution in [-0.4, -0.2) is 6.26 Å². The molecule has 2 aromatic carbocycles. The Balaban J connectivity index is 2.27. The van der Waals surface area contributed by atoms with Crippen molar-refractivity contribution in [1.29, 1.82) is 0 Å². The van der Waals surface area contributed by atoms with Gasteiger partial charge < -0.3 is 4.74 Å². The minimum Gasteiger partial charge on any atom is -0.454 e. The highest BCUT2D eigenvalue weighted by Gasteiger charge is 2.09. The summed E-state index contributed by atoms with van der Waals surface area (Å²) in [6.45, 7) is 0. The number of para-hydroxylation sites is 1. The topological polar surface area (TPSA) is 9.23 Å². The fourth-order valence-electron chi connectivity index (χ4n) is 1.53. The summed E-state index contributed by atoms with van der Waals surface area (Å²) in [5.74, 6) is 0.576. The van der Waals surface area contributed by atoms with Crippen molar-refractivity contribution in [2.45, 2.75) is 10.2 Å². The number of hydrogen-bond donors (Lipinski definition) is 0. The van der Waals surface area contributed by atoms with Gasteiger partial charge in [-0.1, -0.05) is 28.1 Å². The van der Waals surface area contributed by atoms with Gasteiger partial charge in [0.05, 0.1) is 0 Å². The molecule has 0 fully saturated rings. The fourth-order valence-corrected chi connectivity index (χ4v) is 2.38. The number of halogens is 2. The molecule has 0 radical (unpaired) electrons. The molecule has 1 nitrogen and oxygen atoms in total. The summed E-state index contributed by atoms with van der Waals surface area (Å²) in [5, 5.41) is 0.559. The van der Waals surface area contributed by atoms with E-state index in [0.29, 0.717) is 11.1 Å². The van der Waals surface area contributed by atoms with Crippen LogP contribution in [0.3, 0.4) is 0 Å². The smallest absolute Gasteiger partial charge is 0.167 e. The number of alkyl halides is 1. The van der Waals surface area contributed by atoms with Gasteiger partial charge in [0, 0.05) is 15.8 Å². The quantitative estimate of drug-likeness (QED) is 0.561. The SMILES string of the molecule is CSc1ccc(Oc2c(F)cccc2CBr)cc1. The van der Waals surface area contributed by atoms with Crippen LogP contribution in [0.5, 0.6) is 11.5 Å². The number of rotatable bonds is 4. The van der Waals surface area contributed by atoms with Crippen molar-refractivity contribution in [1.82, 2.24) is 0 Å². The lowest BCUT2D eigenvalue weighted by Gasteiger charge is -2.10. The van der Waals surface area contributed by atoms with Crippen molar-refractivity contribution < 1.29 is 9.13 Å². The fraction of sp³-hybridized carbons (Fsp3) is 0.143. The number of hydrogen-bond acceptors (Lipinski definition) is 2. The molecule has 18 heavy (non-hydrogen) atoms. The molecule has 0 saturated heterocycles.